The quantitative estimate of drug-likeness (QED) is 0.719. The van der Waals surface area contributed by atoms with E-state index < -0.39 is 0 Å². The fourth-order valence-corrected chi connectivity index (χ4v) is 1.46. The zero-order chi connectivity index (χ0) is 11.3. The van der Waals surface area contributed by atoms with Crippen LogP contribution in [0, 0.1) is 5.92 Å². The van der Waals surface area contributed by atoms with Crippen molar-refractivity contribution in [2.45, 2.75) is 39.5 Å². The topological polar surface area (TPSA) is 34.9 Å². The summed E-state index contributed by atoms with van der Waals surface area (Å²) in [5.74, 6) is 0.986. The monoisotopic (exact) mass is 208 g/mol. The Morgan fingerprint density at radius 2 is 2.20 bits per heavy atom. The molecule has 0 radical (unpaired) electrons. The fraction of sp³-hybridized carbons (Fsp3) is 0.667. The first-order valence-corrected chi connectivity index (χ1v) is 5.57. The predicted molar refractivity (Wildman–Crippen MR) is 60.6 cm³/mol. The summed E-state index contributed by atoms with van der Waals surface area (Å²) in [4.78, 5) is 11.5. The molecule has 1 heterocycles. The molecule has 0 saturated heterocycles. The van der Waals surface area contributed by atoms with Crippen molar-refractivity contribution in [3.8, 4) is 0 Å². The molecule has 0 N–H and O–H groups in total. The third-order valence-corrected chi connectivity index (χ3v) is 2.45. The number of hydrogen-bond donors (Lipinski definition) is 0. The lowest BCUT2D eigenvalue weighted by Crippen LogP contribution is -2.01. The number of carbonyl (C=O) groups is 1. The number of Topliss-reactive ketones (excluding diaryl/α,β-unsaturated/α-hetero) is 1. The second-order valence-corrected chi connectivity index (χ2v) is 4.49. The molecule has 3 nitrogen and oxygen atoms in total. The highest BCUT2D eigenvalue weighted by Crippen LogP contribution is 2.08. The van der Waals surface area contributed by atoms with Gasteiger partial charge < -0.3 is 0 Å². The molecule has 0 bridgehead atoms. The van der Waals surface area contributed by atoms with Crippen molar-refractivity contribution in [1.29, 1.82) is 0 Å². The van der Waals surface area contributed by atoms with Crippen LogP contribution >= 0.6 is 0 Å². The first-order valence-electron chi connectivity index (χ1n) is 5.57. The molecule has 0 aliphatic rings. The van der Waals surface area contributed by atoms with Crippen LogP contribution in [0.5, 0.6) is 0 Å². The van der Waals surface area contributed by atoms with Crippen LogP contribution in [0.25, 0.3) is 0 Å². The summed E-state index contributed by atoms with van der Waals surface area (Å²) in [7, 11) is 1.89. The highest BCUT2D eigenvalue weighted by Gasteiger charge is 2.05. The predicted octanol–water partition coefficient (Wildman–Crippen LogP) is 2.36. The van der Waals surface area contributed by atoms with Crippen molar-refractivity contribution in [2.24, 2.45) is 13.0 Å². The zero-order valence-electron chi connectivity index (χ0n) is 9.86. The van der Waals surface area contributed by atoms with Gasteiger partial charge in [-0.25, -0.2) is 0 Å². The molecule has 0 aliphatic heterocycles. The number of ketones is 1. The van der Waals surface area contributed by atoms with Gasteiger partial charge in [-0.2, -0.15) is 5.10 Å². The van der Waals surface area contributed by atoms with Crippen LogP contribution in [-0.4, -0.2) is 15.6 Å². The molecule has 0 spiro atoms. The van der Waals surface area contributed by atoms with E-state index in [1.807, 2.05) is 19.4 Å². The second-order valence-electron chi connectivity index (χ2n) is 4.49. The number of nitrogens with zero attached hydrogens (tertiary/aromatic N) is 2. The highest BCUT2D eigenvalue weighted by atomic mass is 16.1. The minimum atomic E-state index is 0.368. The molecular weight excluding hydrogens is 188 g/mol. The summed E-state index contributed by atoms with van der Waals surface area (Å²) >= 11 is 0. The molecule has 0 unspecified atom stereocenters. The smallest absolute Gasteiger partial charge is 0.133 e. The standard InChI is InChI=1S/C12H20N2O/c1-10(2)4-6-12(15)7-5-11-8-13-14(3)9-11/h8-10H,4-7H2,1-3H3. The lowest BCUT2D eigenvalue weighted by molar-refractivity contribution is -0.119. The first-order chi connectivity index (χ1) is 7.08. The van der Waals surface area contributed by atoms with Gasteiger partial charge >= 0.3 is 0 Å². The maximum atomic E-state index is 11.5. The molecule has 1 rings (SSSR count). The molecule has 0 saturated carbocycles. The molecule has 0 aromatic carbocycles. The summed E-state index contributed by atoms with van der Waals surface area (Å²) in [6.45, 7) is 4.29. The number of rotatable bonds is 6. The summed E-state index contributed by atoms with van der Waals surface area (Å²) < 4.78 is 1.77. The van der Waals surface area contributed by atoms with Gasteiger partial charge in [-0.05, 0) is 24.3 Å². The van der Waals surface area contributed by atoms with Gasteiger partial charge in [0.25, 0.3) is 0 Å². The summed E-state index contributed by atoms with van der Waals surface area (Å²) in [6, 6.07) is 0. The van der Waals surface area contributed by atoms with Crippen molar-refractivity contribution < 1.29 is 4.79 Å². The summed E-state index contributed by atoms with van der Waals surface area (Å²) in [5.41, 5.74) is 1.15. The highest BCUT2D eigenvalue weighted by molar-refractivity contribution is 5.78. The van der Waals surface area contributed by atoms with Gasteiger partial charge in [-0.15, -0.1) is 0 Å². The van der Waals surface area contributed by atoms with Gasteiger partial charge in [0.05, 0.1) is 6.20 Å². The molecule has 3 heteroatoms. The molecule has 0 fully saturated rings. The van der Waals surface area contributed by atoms with Crippen molar-refractivity contribution >= 4 is 5.78 Å². The van der Waals surface area contributed by atoms with Crippen LogP contribution in [0.15, 0.2) is 12.4 Å². The van der Waals surface area contributed by atoms with E-state index in [2.05, 4.69) is 18.9 Å². The molecule has 0 amide bonds. The molecule has 15 heavy (non-hydrogen) atoms. The van der Waals surface area contributed by atoms with Gasteiger partial charge in [-0.1, -0.05) is 13.8 Å². The average Bonchev–Trinajstić information content (AvgIpc) is 2.58. The van der Waals surface area contributed by atoms with Gasteiger partial charge in [0, 0.05) is 26.1 Å². The van der Waals surface area contributed by atoms with E-state index in [9.17, 15) is 4.79 Å². The van der Waals surface area contributed by atoms with Crippen molar-refractivity contribution in [2.75, 3.05) is 0 Å². The lowest BCUT2D eigenvalue weighted by atomic mass is 10.0. The maximum absolute atomic E-state index is 11.5. The minimum Gasteiger partial charge on any atom is -0.300 e. The molecule has 1 aromatic rings. The summed E-state index contributed by atoms with van der Waals surface area (Å²) in [6.07, 6.45) is 7.00. The van der Waals surface area contributed by atoms with E-state index in [4.69, 9.17) is 0 Å². The Balaban J connectivity index is 2.22. The van der Waals surface area contributed by atoms with E-state index >= 15 is 0 Å². The molecule has 84 valence electrons. The third-order valence-electron chi connectivity index (χ3n) is 2.45. The van der Waals surface area contributed by atoms with Gasteiger partial charge in [0.1, 0.15) is 5.78 Å². The van der Waals surface area contributed by atoms with E-state index in [0.29, 0.717) is 18.1 Å². The van der Waals surface area contributed by atoms with Crippen LogP contribution in [0.3, 0.4) is 0 Å². The minimum absolute atomic E-state index is 0.368. The van der Waals surface area contributed by atoms with Crippen LogP contribution in [-0.2, 0) is 18.3 Å². The molecule has 0 aliphatic carbocycles. The largest absolute Gasteiger partial charge is 0.300 e. The zero-order valence-corrected chi connectivity index (χ0v) is 9.86. The Labute approximate surface area is 91.5 Å². The SMILES string of the molecule is CC(C)CCC(=O)CCc1cnn(C)c1. The number of aryl methyl sites for hydroxylation is 2. The van der Waals surface area contributed by atoms with Gasteiger partial charge in [-0.3, -0.25) is 9.48 Å². The Kier molecular flexibility index (Phi) is 4.53. The summed E-state index contributed by atoms with van der Waals surface area (Å²) in [5, 5.41) is 4.07. The Morgan fingerprint density at radius 3 is 2.73 bits per heavy atom. The Morgan fingerprint density at radius 1 is 1.47 bits per heavy atom. The Bertz CT molecular complexity index is 315. The molecular formula is C12H20N2O. The molecule has 0 atom stereocenters. The van der Waals surface area contributed by atoms with Crippen molar-refractivity contribution in [3.63, 3.8) is 0 Å². The van der Waals surface area contributed by atoms with Crippen molar-refractivity contribution in [1.82, 2.24) is 9.78 Å². The van der Waals surface area contributed by atoms with Crippen LogP contribution in [0.2, 0.25) is 0 Å². The van der Waals surface area contributed by atoms with Crippen LogP contribution in [0.1, 0.15) is 38.7 Å². The van der Waals surface area contributed by atoms with E-state index in [0.717, 1.165) is 24.8 Å². The number of aromatic nitrogens is 2. The maximum Gasteiger partial charge on any atom is 0.133 e. The van der Waals surface area contributed by atoms with Crippen molar-refractivity contribution in [3.05, 3.63) is 18.0 Å². The first kappa shape index (κ1) is 12.0. The second kappa shape index (κ2) is 5.69. The normalized spacial score (nSPS) is 10.9. The fourth-order valence-electron chi connectivity index (χ4n) is 1.46. The number of hydrogen-bond acceptors (Lipinski definition) is 2. The van der Waals surface area contributed by atoms with E-state index in [-0.39, 0.29) is 0 Å². The molecule has 1 aromatic heterocycles. The van der Waals surface area contributed by atoms with E-state index in [1.165, 1.54) is 0 Å². The average molecular weight is 208 g/mol. The number of carbonyl (C=O) groups excluding carboxylic acids is 1. The van der Waals surface area contributed by atoms with Gasteiger partial charge in [0.15, 0.2) is 0 Å². The van der Waals surface area contributed by atoms with Crippen LogP contribution < -0.4 is 0 Å². The lowest BCUT2D eigenvalue weighted by Gasteiger charge is -2.02. The van der Waals surface area contributed by atoms with Crippen LogP contribution in [0.4, 0.5) is 0 Å². The van der Waals surface area contributed by atoms with E-state index in [1.54, 1.807) is 4.68 Å². The van der Waals surface area contributed by atoms with Gasteiger partial charge in [0.2, 0.25) is 0 Å². The Hall–Kier alpha value is -1.12. The third kappa shape index (κ3) is 4.77.